The van der Waals surface area contributed by atoms with Crippen molar-refractivity contribution in [2.75, 3.05) is 6.61 Å². The Labute approximate surface area is 110 Å². The van der Waals surface area contributed by atoms with E-state index in [1.165, 1.54) is 6.42 Å². The third-order valence-corrected chi connectivity index (χ3v) is 4.44. The van der Waals surface area contributed by atoms with E-state index in [9.17, 15) is 4.39 Å². The second kappa shape index (κ2) is 5.49. The summed E-state index contributed by atoms with van der Waals surface area (Å²) in [5, 5.41) is 0. The van der Waals surface area contributed by atoms with Crippen LogP contribution >= 0.6 is 15.9 Å². The Balaban J connectivity index is 2.21. The molecule has 1 aromatic carbocycles. The minimum Gasteiger partial charge on any atom is -0.377 e. The summed E-state index contributed by atoms with van der Waals surface area (Å²) in [6.45, 7) is 4.46. The predicted molar refractivity (Wildman–Crippen MR) is 71.1 cm³/mol. The Morgan fingerprint density at radius 2 is 1.94 bits per heavy atom. The van der Waals surface area contributed by atoms with Gasteiger partial charge in [0, 0.05) is 6.61 Å². The van der Waals surface area contributed by atoms with E-state index in [-0.39, 0.29) is 16.7 Å². The summed E-state index contributed by atoms with van der Waals surface area (Å²) in [7, 11) is 0. The van der Waals surface area contributed by atoms with Gasteiger partial charge in [-0.2, -0.15) is 0 Å². The van der Waals surface area contributed by atoms with Gasteiger partial charge in [-0.15, -0.1) is 0 Å². The van der Waals surface area contributed by atoms with Crippen LogP contribution in [0, 0.1) is 19.7 Å². The van der Waals surface area contributed by atoms with Crippen molar-refractivity contribution in [1.82, 2.24) is 0 Å². The Morgan fingerprint density at radius 3 is 2.47 bits per heavy atom. The molecule has 0 aliphatic carbocycles. The zero-order valence-corrected chi connectivity index (χ0v) is 11.9. The van der Waals surface area contributed by atoms with Gasteiger partial charge in [0.2, 0.25) is 0 Å². The Morgan fingerprint density at radius 1 is 1.29 bits per heavy atom. The first-order valence-corrected chi connectivity index (χ1v) is 7.03. The first-order valence-electron chi connectivity index (χ1n) is 6.12. The van der Waals surface area contributed by atoms with E-state index in [0.717, 1.165) is 25.0 Å². The summed E-state index contributed by atoms with van der Waals surface area (Å²) >= 11 is 3.69. The molecule has 0 amide bonds. The molecular weight excluding hydrogens is 283 g/mol. The lowest BCUT2D eigenvalue weighted by Gasteiger charge is -2.27. The van der Waals surface area contributed by atoms with Gasteiger partial charge >= 0.3 is 0 Å². The lowest BCUT2D eigenvalue weighted by Crippen LogP contribution is -2.23. The molecule has 1 aliphatic rings. The molecule has 1 nitrogen and oxygen atoms in total. The van der Waals surface area contributed by atoms with Crippen LogP contribution in [0.2, 0.25) is 0 Å². The van der Waals surface area contributed by atoms with Crippen LogP contribution in [-0.4, -0.2) is 12.7 Å². The molecule has 0 saturated carbocycles. The van der Waals surface area contributed by atoms with Crippen molar-refractivity contribution in [3.05, 3.63) is 34.6 Å². The van der Waals surface area contributed by atoms with Crippen LogP contribution in [0.1, 0.15) is 40.8 Å². The van der Waals surface area contributed by atoms with Crippen molar-refractivity contribution in [3.63, 3.8) is 0 Å². The molecule has 17 heavy (non-hydrogen) atoms. The molecule has 1 aliphatic heterocycles. The van der Waals surface area contributed by atoms with Gasteiger partial charge in [-0.3, -0.25) is 0 Å². The molecule has 2 rings (SSSR count). The van der Waals surface area contributed by atoms with Crippen LogP contribution in [0.5, 0.6) is 0 Å². The second-order valence-corrected chi connectivity index (χ2v) is 5.76. The maximum atomic E-state index is 13.6. The molecule has 0 spiro atoms. The Kier molecular flexibility index (Phi) is 4.21. The minimum absolute atomic E-state index is 0.0991. The van der Waals surface area contributed by atoms with Gasteiger partial charge in [-0.25, -0.2) is 4.39 Å². The SMILES string of the molecule is Cc1cc(C(Br)C2CCCCO2)cc(C)c1F. The van der Waals surface area contributed by atoms with Crippen LogP contribution in [-0.2, 0) is 4.74 Å². The first kappa shape index (κ1) is 13.0. The van der Waals surface area contributed by atoms with Crippen molar-refractivity contribution >= 4 is 15.9 Å². The lowest BCUT2D eigenvalue weighted by molar-refractivity contribution is 0.0160. The highest BCUT2D eigenvalue weighted by molar-refractivity contribution is 9.09. The number of rotatable bonds is 2. The van der Waals surface area contributed by atoms with Crippen LogP contribution < -0.4 is 0 Å². The van der Waals surface area contributed by atoms with E-state index in [1.807, 2.05) is 26.0 Å². The fraction of sp³-hybridized carbons (Fsp3) is 0.571. The van der Waals surface area contributed by atoms with Crippen molar-refractivity contribution in [1.29, 1.82) is 0 Å². The average molecular weight is 301 g/mol. The normalized spacial score (nSPS) is 22.5. The number of hydrogen-bond donors (Lipinski definition) is 0. The fourth-order valence-corrected chi connectivity index (χ4v) is 3.03. The third kappa shape index (κ3) is 2.89. The fourth-order valence-electron chi connectivity index (χ4n) is 2.35. The summed E-state index contributed by atoms with van der Waals surface area (Å²) in [5.41, 5.74) is 2.54. The number of ether oxygens (including phenoxy) is 1. The molecule has 1 heterocycles. The lowest BCUT2D eigenvalue weighted by atomic mass is 9.98. The van der Waals surface area contributed by atoms with Crippen LogP contribution in [0.25, 0.3) is 0 Å². The van der Waals surface area contributed by atoms with Gasteiger partial charge in [0.05, 0.1) is 10.9 Å². The highest BCUT2D eigenvalue weighted by Gasteiger charge is 2.24. The van der Waals surface area contributed by atoms with Crippen molar-refractivity contribution < 1.29 is 9.13 Å². The van der Waals surface area contributed by atoms with E-state index in [4.69, 9.17) is 4.74 Å². The van der Waals surface area contributed by atoms with Gasteiger partial charge < -0.3 is 4.74 Å². The molecule has 2 atom stereocenters. The van der Waals surface area contributed by atoms with Crippen LogP contribution in [0.4, 0.5) is 4.39 Å². The molecule has 94 valence electrons. The summed E-state index contributed by atoms with van der Waals surface area (Å²) in [4.78, 5) is 0.167. The van der Waals surface area contributed by atoms with Crippen molar-refractivity contribution in [2.24, 2.45) is 0 Å². The summed E-state index contributed by atoms with van der Waals surface area (Å²) in [6, 6.07) is 3.83. The van der Waals surface area contributed by atoms with Crippen molar-refractivity contribution in [2.45, 2.75) is 44.0 Å². The highest BCUT2D eigenvalue weighted by Crippen LogP contribution is 2.34. The van der Waals surface area contributed by atoms with E-state index < -0.39 is 0 Å². The van der Waals surface area contributed by atoms with E-state index in [1.54, 1.807) is 0 Å². The Hall–Kier alpha value is -0.410. The summed E-state index contributed by atoms with van der Waals surface area (Å²) < 4.78 is 19.3. The van der Waals surface area contributed by atoms with E-state index in [2.05, 4.69) is 15.9 Å². The molecule has 1 aromatic rings. The van der Waals surface area contributed by atoms with Gasteiger partial charge in [-0.1, -0.05) is 28.1 Å². The molecule has 2 unspecified atom stereocenters. The van der Waals surface area contributed by atoms with Gasteiger partial charge in [0.25, 0.3) is 0 Å². The molecule has 3 heteroatoms. The second-order valence-electron chi connectivity index (χ2n) is 4.78. The average Bonchev–Trinajstić information content (AvgIpc) is 2.35. The monoisotopic (exact) mass is 300 g/mol. The molecule has 0 N–H and O–H groups in total. The molecule has 0 radical (unpaired) electrons. The smallest absolute Gasteiger partial charge is 0.129 e. The zero-order valence-electron chi connectivity index (χ0n) is 10.3. The molecule has 0 aromatic heterocycles. The topological polar surface area (TPSA) is 9.23 Å². The maximum absolute atomic E-state index is 13.6. The van der Waals surface area contributed by atoms with E-state index in [0.29, 0.717) is 11.1 Å². The molecule has 0 bridgehead atoms. The predicted octanol–water partition coefficient (Wildman–Crippen LogP) is 4.45. The van der Waals surface area contributed by atoms with Gasteiger partial charge in [-0.05, 0) is 49.8 Å². The number of hydrogen-bond acceptors (Lipinski definition) is 1. The highest BCUT2D eigenvalue weighted by atomic mass is 79.9. The van der Waals surface area contributed by atoms with Crippen LogP contribution in [0.3, 0.4) is 0 Å². The minimum atomic E-state index is -0.0991. The molecule has 1 fully saturated rings. The van der Waals surface area contributed by atoms with Crippen LogP contribution in [0.15, 0.2) is 12.1 Å². The number of alkyl halides is 1. The zero-order chi connectivity index (χ0) is 12.4. The molecular formula is C14H18BrFO. The summed E-state index contributed by atoms with van der Waals surface area (Å²) in [5.74, 6) is -0.0991. The third-order valence-electron chi connectivity index (χ3n) is 3.32. The standard InChI is InChI=1S/C14H18BrFO/c1-9-7-11(8-10(2)14(9)16)13(15)12-5-3-4-6-17-12/h7-8,12-13H,3-6H2,1-2H3. The van der Waals surface area contributed by atoms with Gasteiger partial charge in [0.15, 0.2) is 0 Å². The van der Waals surface area contributed by atoms with E-state index >= 15 is 0 Å². The quantitative estimate of drug-likeness (QED) is 0.733. The van der Waals surface area contributed by atoms with Crippen molar-refractivity contribution in [3.8, 4) is 0 Å². The molecule has 1 saturated heterocycles. The van der Waals surface area contributed by atoms with Gasteiger partial charge in [0.1, 0.15) is 5.82 Å². The number of halogens is 2. The summed E-state index contributed by atoms with van der Waals surface area (Å²) in [6.07, 6.45) is 3.66. The first-order chi connectivity index (χ1) is 8.09. The Bertz CT molecular complexity index is 376. The maximum Gasteiger partial charge on any atom is 0.129 e. The number of aryl methyl sites for hydroxylation is 2. The number of benzene rings is 1. The largest absolute Gasteiger partial charge is 0.377 e.